The Morgan fingerprint density at radius 3 is 2.00 bits per heavy atom. The van der Waals surface area contributed by atoms with Gasteiger partial charge in [-0.1, -0.05) is 39.2 Å². The van der Waals surface area contributed by atoms with Crippen LogP contribution < -0.4 is 0 Å². The first-order valence-electron chi connectivity index (χ1n) is 4.75. The van der Waals surface area contributed by atoms with E-state index in [1.54, 1.807) is 0 Å². The lowest BCUT2D eigenvalue weighted by molar-refractivity contribution is 0.738. The van der Waals surface area contributed by atoms with Gasteiger partial charge >= 0.3 is 0 Å². The lowest BCUT2D eigenvalue weighted by Crippen LogP contribution is -2.15. The van der Waals surface area contributed by atoms with Crippen LogP contribution in [0, 0.1) is 0 Å². The summed E-state index contributed by atoms with van der Waals surface area (Å²) in [6.07, 6.45) is 2.62. The van der Waals surface area contributed by atoms with Crippen LogP contribution in [0.3, 0.4) is 0 Å². The van der Waals surface area contributed by atoms with Crippen molar-refractivity contribution in [1.82, 2.24) is 0 Å². The maximum atomic E-state index is 6.08. The van der Waals surface area contributed by atoms with E-state index in [1.807, 2.05) is 0 Å². The topological polar surface area (TPSA) is 0 Å². The van der Waals surface area contributed by atoms with Crippen molar-refractivity contribution in [2.75, 3.05) is 0 Å². The number of hydrogen-bond acceptors (Lipinski definition) is 0. The van der Waals surface area contributed by atoms with Crippen molar-refractivity contribution in [3.05, 3.63) is 0 Å². The highest BCUT2D eigenvalue weighted by Crippen LogP contribution is 2.24. The summed E-state index contributed by atoms with van der Waals surface area (Å²) in [6.45, 7) is 9.06. The zero-order valence-corrected chi connectivity index (χ0v) is 10.4. The molecule has 3 unspecified atom stereocenters. The van der Waals surface area contributed by atoms with Crippen molar-refractivity contribution in [3.8, 4) is 0 Å². The van der Waals surface area contributed by atoms with Crippen LogP contribution in [0.15, 0.2) is 0 Å². The summed E-state index contributed by atoms with van der Waals surface area (Å²) in [5.41, 5.74) is 1.83. The van der Waals surface area contributed by atoms with Gasteiger partial charge in [-0.25, -0.2) is 0 Å². The molecule has 0 aliphatic rings. The van der Waals surface area contributed by atoms with E-state index in [2.05, 4.69) is 27.7 Å². The molecule has 68 valence electrons. The quantitative estimate of drug-likeness (QED) is 0.464. The smallest absolute Gasteiger partial charge is 0.0307 e. The van der Waals surface area contributed by atoms with Gasteiger partial charge in [-0.3, -0.25) is 0 Å². The predicted octanol–water partition coefficient (Wildman–Crippen LogP) is 3.20. The molecule has 0 aliphatic heterocycles. The van der Waals surface area contributed by atoms with E-state index in [1.165, 1.54) is 12.8 Å². The molecule has 0 aromatic heterocycles. The lowest BCUT2D eigenvalue weighted by atomic mass is 10.2. The fourth-order valence-electron chi connectivity index (χ4n) is 1.36. The van der Waals surface area contributed by atoms with Crippen molar-refractivity contribution in [2.24, 2.45) is 0 Å². The summed E-state index contributed by atoms with van der Waals surface area (Å²) < 4.78 is 0. The van der Waals surface area contributed by atoms with Gasteiger partial charge in [0.2, 0.25) is 0 Å². The molecule has 0 fully saturated rings. The van der Waals surface area contributed by atoms with Gasteiger partial charge in [-0.05, 0) is 12.5 Å². The SMILES string of the molecule is CCC(C)[SiH2]C(CC)C(C)Cl. The van der Waals surface area contributed by atoms with Gasteiger partial charge in [-0.15, -0.1) is 11.6 Å². The minimum Gasteiger partial charge on any atom is -0.123 e. The molecule has 0 heterocycles. The van der Waals surface area contributed by atoms with Crippen molar-refractivity contribution < 1.29 is 0 Å². The molecule has 0 saturated carbocycles. The minimum atomic E-state index is 0.0702. The highest BCUT2D eigenvalue weighted by atomic mass is 35.5. The van der Waals surface area contributed by atoms with Crippen molar-refractivity contribution in [3.63, 3.8) is 0 Å². The molecule has 11 heavy (non-hydrogen) atoms. The molecule has 0 spiro atoms. The van der Waals surface area contributed by atoms with Crippen LogP contribution in [0.25, 0.3) is 0 Å². The van der Waals surface area contributed by atoms with Gasteiger partial charge in [0.25, 0.3) is 0 Å². The van der Waals surface area contributed by atoms with Crippen molar-refractivity contribution >= 4 is 21.1 Å². The monoisotopic (exact) mass is 192 g/mol. The van der Waals surface area contributed by atoms with Crippen LogP contribution in [0.2, 0.25) is 11.1 Å². The first-order valence-corrected chi connectivity index (χ1v) is 6.82. The van der Waals surface area contributed by atoms with Crippen LogP contribution in [0.5, 0.6) is 0 Å². The Kier molecular flexibility index (Phi) is 6.35. The molecule has 0 N–H and O–H groups in total. The van der Waals surface area contributed by atoms with E-state index in [4.69, 9.17) is 11.6 Å². The zero-order valence-electron chi connectivity index (χ0n) is 8.23. The van der Waals surface area contributed by atoms with E-state index in [0.717, 1.165) is 11.1 Å². The number of alkyl halides is 1. The summed E-state index contributed by atoms with van der Waals surface area (Å²) in [5, 5.41) is 0.403. The Morgan fingerprint density at radius 2 is 1.73 bits per heavy atom. The number of halogens is 1. The third-order valence-electron chi connectivity index (χ3n) is 2.58. The maximum Gasteiger partial charge on any atom is 0.0307 e. The molecule has 0 aromatic carbocycles. The second-order valence-corrected chi connectivity index (χ2v) is 7.20. The first kappa shape index (κ1) is 11.5. The number of rotatable bonds is 5. The molecule has 0 aromatic rings. The van der Waals surface area contributed by atoms with Gasteiger partial charge < -0.3 is 0 Å². The summed E-state index contributed by atoms with van der Waals surface area (Å²) in [7, 11) is 0.0702. The molecule has 3 atom stereocenters. The van der Waals surface area contributed by atoms with Gasteiger partial charge in [-0.2, -0.15) is 0 Å². The molecule has 0 rings (SSSR count). The average Bonchev–Trinajstić information content (AvgIpc) is 1.99. The van der Waals surface area contributed by atoms with E-state index in [9.17, 15) is 0 Å². The third kappa shape index (κ3) is 4.86. The van der Waals surface area contributed by atoms with Crippen LogP contribution >= 0.6 is 11.6 Å². The van der Waals surface area contributed by atoms with Gasteiger partial charge in [0.15, 0.2) is 0 Å². The summed E-state index contributed by atoms with van der Waals surface area (Å²) in [5.74, 6) is 0. The number of hydrogen-bond donors (Lipinski definition) is 0. The fourth-order valence-corrected chi connectivity index (χ4v) is 3.92. The standard InChI is InChI=1S/C9H21ClSi/c1-5-7(3)11-9(6-2)8(4)10/h7-9H,5-6,11H2,1-4H3. The minimum absolute atomic E-state index is 0.0702. The van der Waals surface area contributed by atoms with E-state index < -0.39 is 0 Å². The molecular formula is C9H21ClSi. The highest BCUT2D eigenvalue weighted by Gasteiger charge is 2.15. The zero-order chi connectivity index (χ0) is 8.85. The van der Waals surface area contributed by atoms with Gasteiger partial charge in [0.05, 0.1) is 0 Å². The van der Waals surface area contributed by atoms with E-state index in [-0.39, 0.29) is 9.52 Å². The Labute approximate surface area is 78.5 Å². The normalized spacial score (nSPS) is 20.5. The summed E-state index contributed by atoms with van der Waals surface area (Å²) >= 11 is 6.08. The van der Waals surface area contributed by atoms with Gasteiger partial charge in [0, 0.05) is 14.9 Å². The van der Waals surface area contributed by atoms with E-state index >= 15 is 0 Å². The molecule has 0 radical (unpaired) electrons. The molecule has 0 nitrogen and oxygen atoms in total. The molecule has 2 heteroatoms. The molecular weight excluding hydrogens is 172 g/mol. The largest absolute Gasteiger partial charge is 0.123 e. The van der Waals surface area contributed by atoms with Gasteiger partial charge in [0.1, 0.15) is 0 Å². The molecule has 0 amide bonds. The molecule has 0 bridgehead atoms. The Bertz CT molecular complexity index is 93.6. The maximum absolute atomic E-state index is 6.08. The Morgan fingerprint density at radius 1 is 1.18 bits per heavy atom. The third-order valence-corrected chi connectivity index (χ3v) is 6.50. The Hall–Kier alpha value is 0.507. The summed E-state index contributed by atoms with van der Waals surface area (Å²) in [4.78, 5) is 0. The molecule has 0 saturated heterocycles. The Balaban J connectivity index is 3.68. The molecule has 0 aliphatic carbocycles. The van der Waals surface area contributed by atoms with E-state index in [0.29, 0.717) is 5.38 Å². The van der Waals surface area contributed by atoms with Crippen LogP contribution in [-0.4, -0.2) is 14.9 Å². The predicted molar refractivity (Wildman–Crippen MR) is 57.6 cm³/mol. The highest BCUT2D eigenvalue weighted by molar-refractivity contribution is 6.42. The van der Waals surface area contributed by atoms with Crippen molar-refractivity contribution in [1.29, 1.82) is 0 Å². The summed E-state index contributed by atoms with van der Waals surface area (Å²) in [6, 6.07) is 0. The van der Waals surface area contributed by atoms with Crippen LogP contribution in [-0.2, 0) is 0 Å². The van der Waals surface area contributed by atoms with Crippen LogP contribution in [0.1, 0.15) is 40.5 Å². The first-order chi connectivity index (χ1) is 5.11. The van der Waals surface area contributed by atoms with Crippen molar-refractivity contribution in [2.45, 2.75) is 57.0 Å². The average molecular weight is 193 g/mol. The van der Waals surface area contributed by atoms with Crippen LogP contribution in [0.4, 0.5) is 0 Å². The second kappa shape index (κ2) is 6.07. The second-order valence-electron chi connectivity index (χ2n) is 3.59. The lowest BCUT2D eigenvalue weighted by Gasteiger charge is -2.19. The fraction of sp³-hybridized carbons (Fsp3) is 1.00.